The second-order valence-corrected chi connectivity index (χ2v) is 6.38. The summed E-state index contributed by atoms with van der Waals surface area (Å²) < 4.78 is 5.67. The van der Waals surface area contributed by atoms with Crippen molar-refractivity contribution in [3.8, 4) is 5.75 Å². The summed E-state index contributed by atoms with van der Waals surface area (Å²) in [5.74, 6) is 1.68. The first-order valence-electron chi connectivity index (χ1n) is 9.00. The molecule has 2 rings (SSSR count). The maximum absolute atomic E-state index is 5.67. The van der Waals surface area contributed by atoms with Gasteiger partial charge in [0, 0.05) is 32.2 Å². The minimum absolute atomic E-state index is 0.660. The minimum atomic E-state index is 0.660. The third-order valence-corrected chi connectivity index (χ3v) is 3.89. The fourth-order valence-corrected chi connectivity index (χ4v) is 2.73. The number of rotatable bonds is 8. The van der Waals surface area contributed by atoms with E-state index in [4.69, 9.17) is 4.74 Å². The molecule has 0 aromatic heterocycles. The highest BCUT2D eigenvalue weighted by atomic mass is 16.5. The molecule has 26 heavy (non-hydrogen) atoms. The van der Waals surface area contributed by atoms with Gasteiger partial charge in [-0.3, -0.25) is 4.99 Å². The second-order valence-electron chi connectivity index (χ2n) is 6.38. The van der Waals surface area contributed by atoms with Gasteiger partial charge in [-0.25, -0.2) is 0 Å². The average Bonchev–Trinajstić information content (AvgIpc) is 2.63. The van der Waals surface area contributed by atoms with Crippen molar-refractivity contribution in [1.29, 1.82) is 0 Å². The van der Waals surface area contributed by atoms with Crippen LogP contribution in [-0.4, -0.2) is 38.6 Å². The molecular formula is C21H30N4O. The maximum atomic E-state index is 5.67. The summed E-state index contributed by atoms with van der Waals surface area (Å²) >= 11 is 0. The van der Waals surface area contributed by atoms with Crippen molar-refractivity contribution in [2.75, 3.05) is 27.7 Å². The Balaban J connectivity index is 1.90. The van der Waals surface area contributed by atoms with Gasteiger partial charge in [-0.1, -0.05) is 42.5 Å². The van der Waals surface area contributed by atoms with Crippen molar-refractivity contribution in [2.45, 2.75) is 26.6 Å². The van der Waals surface area contributed by atoms with Crippen molar-refractivity contribution in [3.63, 3.8) is 0 Å². The van der Waals surface area contributed by atoms with E-state index in [1.54, 1.807) is 7.05 Å². The average molecular weight is 354 g/mol. The standard InChI is InChI=1S/C21H30N4O/c1-5-26-20-12-7-6-11-19(20)15-24-21(22-2)23-14-17-9-8-10-18(13-17)16-25(3)4/h6-13H,5,14-16H2,1-4H3,(H2,22,23,24). The molecule has 0 aliphatic heterocycles. The molecule has 5 nitrogen and oxygen atoms in total. The fraction of sp³-hybridized carbons (Fsp3) is 0.381. The number of hydrogen-bond donors (Lipinski definition) is 2. The predicted octanol–water partition coefficient (Wildman–Crippen LogP) is 3.01. The lowest BCUT2D eigenvalue weighted by molar-refractivity contribution is 0.336. The Morgan fingerprint density at radius 1 is 1.00 bits per heavy atom. The van der Waals surface area contributed by atoms with Gasteiger partial charge in [0.25, 0.3) is 0 Å². The molecule has 2 aromatic rings. The first kappa shape index (κ1) is 19.8. The van der Waals surface area contributed by atoms with E-state index < -0.39 is 0 Å². The van der Waals surface area contributed by atoms with Crippen LogP contribution in [0.1, 0.15) is 23.6 Å². The van der Waals surface area contributed by atoms with Crippen LogP contribution in [0.15, 0.2) is 53.5 Å². The molecule has 0 unspecified atom stereocenters. The number of nitrogens with one attached hydrogen (secondary N) is 2. The van der Waals surface area contributed by atoms with Gasteiger partial charge in [-0.15, -0.1) is 0 Å². The summed E-state index contributed by atoms with van der Waals surface area (Å²) in [4.78, 5) is 6.48. The van der Waals surface area contributed by atoms with Crippen LogP contribution in [-0.2, 0) is 19.6 Å². The van der Waals surface area contributed by atoms with Gasteiger partial charge in [-0.05, 0) is 38.2 Å². The molecule has 0 bridgehead atoms. The Morgan fingerprint density at radius 3 is 2.46 bits per heavy atom. The monoisotopic (exact) mass is 354 g/mol. The van der Waals surface area contributed by atoms with E-state index in [-0.39, 0.29) is 0 Å². The van der Waals surface area contributed by atoms with E-state index in [1.807, 2.05) is 25.1 Å². The van der Waals surface area contributed by atoms with Gasteiger partial charge in [0.15, 0.2) is 5.96 Å². The van der Waals surface area contributed by atoms with Crippen molar-refractivity contribution >= 4 is 5.96 Å². The van der Waals surface area contributed by atoms with E-state index in [1.165, 1.54) is 11.1 Å². The Kier molecular flexibility index (Phi) is 7.96. The Hall–Kier alpha value is -2.53. The van der Waals surface area contributed by atoms with Crippen LogP contribution in [0.25, 0.3) is 0 Å². The van der Waals surface area contributed by atoms with E-state index in [9.17, 15) is 0 Å². The number of benzene rings is 2. The van der Waals surface area contributed by atoms with Gasteiger partial charge >= 0.3 is 0 Å². The van der Waals surface area contributed by atoms with Crippen molar-refractivity contribution < 1.29 is 4.74 Å². The molecule has 140 valence electrons. The van der Waals surface area contributed by atoms with Crippen LogP contribution in [0.3, 0.4) is 0 Å². The highest BCUT2D eigenvalue weighted by molar-refractivity contribution is 5.79. The molecule has 0 aliphatic rings. The number of ether oxygens (including phenoxy) is 1. The quantitative estimate of drug-likeness (QED) is 0.565. The molecule has 0 radical (unpaired) electrons. The van der Waals surface area contributed by atoms with Crippen molar-refractivity contribution in [3.05, 3.63) is 65.2 Å². The molecule has 2 aromatic carbocycles. The summed E-state index contributed by atoms with van der Waals surface area (Å²) in [7, 11) is 5.94. The lowest BCUT2D eigenvalue weighted by atomic mass is 10.1. The van der Waals surface area contributed by atoms with Gasteiger partial charge in [0.05, 0.1) is 6.61 Å². The lowest BCUT2D eigenvalue weighted by Gasteiger charge is -2.15. The SMILES string of the molecule is CCOc1ccccc1CNC(=NC)NCc1cccc(CN(C)C)c1. The van der Waals surface area contributed by atoms with Gasteiger partial charge in [-0.2, -0.15) is 0 Å². The molecule has 0 atom stereocenters. The van der Waals surface area contributed by atoms with Crippen LogP contribution >= 0.6 is 0 Å². The number of aliphatic imine (C=N–C) groups is 1. The lowest BCUT2D eigenvalue weighted by Crippen LogP contribution is -2.36. The molecule has 0 aliphatic carbocycles. The first-order chi connectivity index (χ1) is 12.6. The number of hydrogen-bond acceptors (Lipinski definition) is 3. The van der Waals surface area contributed by atoms with Crippen molar-refractivity contribution in [2.24, 2.45) is 4.99 Å². The summed E-state index contributed by atoms with van der Waals surface area (Å²) in [6.45, 7) is 4.99. The molecule has 0 heterocycles. The fourth-order valence-electron chi connectivity index (χ4n) is 2.73. The minimum Gasteiger partial charge on any atom is -0.494 e. The number of para-hydroxylation sites is 1. The molecule has 0 spiro atoms. The zero-order valence-corrected chi connectivity index (χ0v) is 16.2. The highest BCUT2D eigenvalue weighted by Crippen LogP contribution is 2.17. The summed E-state index contributed by atoms with van der Waals surface area (Å²) in [5, 5.41) is 6.72. The van der Waals surface area contributed by atoms with Crippen LogP contribution in [0, 0.1) is 0 Å². The van der Waals surface area contributed by atoms with Gasteiger partial charge < -0.3 is 20.3 Å². The molecule has 0 fully saturated rings. The van der Waals surface area contributed by atoms with Crippen LogP contribution in [0.4, 0.5) is 0 Å². The number of nitrogens with zero attached hydrogens (tertiary/aromatic N) is 2. The smallest absolute Gasteiger partial charge is 0.191 e. The van der Waals surface area contributed by atoms with Crippen LogP contribution in [0.2, 0.25) is 0 Å². The van der Waals surface area contributed by atoms with E-state index in [2.05, 4.69) is 65.0 Å². The number of guanidine groups is 1. The molecule has 2 N–H and O–H groups in total. The highest BCUT2D eigenvalue weighted by Gasteiger charge is 2.04. The normalized spacial score (nSPS) is 11.5. The third kappa shape index (κ3) is 6.41. The molecule has 5 heteroatoms. The first-order valence-corrected chi connectivity index (χ1v) is 9.00. The molecular weight excluding hydrogens is 324 g/mol. The van der Waals surface area contributed by atoms with E-state index >= 15 is 0 Å². The van der Waals surface area contributed by atoms with Crippen LogP contribution in [0.5, 0.6) is 5.75 Å². The Labute approximate surface area is 157 Å². The predicted molar refractivity (Wildman–Crippen MR) is 108 cm³/mol. The summed E-state index contributed by atoms with van der Waals surface area (Å²) in [5.41, 5.74) is 3.66. The second kappa shape index (κ2) is 10.5. The third-order valence-electron chi connectivity index (χ3n) is 3.89. The Bertz CT molecular complexity index is 713. The topological polar surface area (TPSA) is 48.9 Å². The Morgan fingerprint density at radius 2 is 1.73 bits per heavy atom. The zero-order valence-electron chi connectivity index (χ0n) is 16.2. The molecule has 0 saturated heterocycles. The zero-order chi connectivity index (χ0) is 18.8. The largest absolute Gasteiger partial charge is 0.494 e. The van der Waals surface area contributed by atoms with Gasteiger partial charge in [0.2, 0.25) is 0 Å². The summed E-state index contributed by atoms with van der Waals surface area (Å²) in [6, 6.07) is 16.7. The van der Waals surface area contributed by atoms with Crippen molar-refractivity contribution in [1.82, 2.24) is 15.5 Å². The molecule has 0 amide bonds. The molecule has 0 saturated carbocycles. The maximum Gasteiger partial charge on any atom is 0.191 e. The summed E-state index contributed by atoms with van der Waals surface area (Å²) in [6.07, 6.45) is 0. The van der Waals surface area contributed by atoms with Crippen LogP contribution < -0.4 is 15.4 Å². The van der Waals surface area contributed by atoms with E-state index in [0.717, 1.165) is 30.4 Å². The van der Waals surface area contributed by atoms with Gasteiger partial charge in [0.1, 0.15) is 5.75 Å². The van der Waals surface area contributed by atoms with E-state index in [0.29, 0.717) is 13.2 Å².